The molecule has 2 aromatic heterocycles. The minimum Gasteiger partial charge on any atom is -0.494 e. The second-order valence-corrected chi connectivity index (χ2v) is 7.52. The maximum atomic E-state index is 12.2. The van der Waals surface area contributed by atoms with Crippen molar-refractivity contribution in [2.24, 2.45) is 0 Å². The van der Waals surface area contributed by atoms with Crippen LogP contribution in [0.5, 0.6) is 5.75 Å². The predicted octanol–water partition coefficient (Wildman–Crippen LogP) is 2.32. The van der Waals surface area contributed by atoms with Gasteiger partial charge in [0.2, 0.25) is 10.0 Å². The maximum Gasteiger partial charge on any atom is 0.240 e. The van der Waals surface area contributed by atoms with E-state index in [0.717, 1.165) is 10.7 Å². The van der Waals surface area contributed by atoms with Gasteiger partial charge in [-0.15, -0.1) is 11.3 Å². The summed E-state index contributed by atoms with van der Waals surface area (Å²) in [5.74, 6) is 0.657. The van der Waals surface area contributed by atoms with Crippen LogP contribution in [0, 0.1) is 0 Å². The molecule has 0 amide bonds. The molecule has 0 saturated carbocycles. The van der Waals surface area contributed by atoms with Crippen LogP contribution >= 0.6 is 11.3 Å². The van der Waals surface area contributed by atoms with Gasteiger partial charge in [0.1, 0.15) is 5.75 Å². The summed E-state index contributed by atoms with van der Waals surface area (Å²) in [5.41, 5.74) is 0.867. The molecule has 0 fully saturated rings. The predicted molar refractivity (Wildman–Crippen MR) is 89.6 cm³/mol. The van der Waals surface area contributed by atoms with Gasteiger partial charge in [-0.05, 0) is 31.2 Å². The molecule has 0 saturated heterocycles. The third kappa shape index (κ3) is 3.72. The number of sulfonamides is 1. The number of thiazole rings is 1. The van der Waals surface area contributed by atoms with Crippen LogP contribution in [0.2, 0.25) is 0 Å². The molecule has 6 nitrogen and oxygen atoms in total. The molecule has 0 aliphatic rings. The van der Waals surface area contributed by atoms with E-state index in [0.29, 0.717) is 25.3 Å². The zero-order chi connectivity index (χ0) is 16.3. The lowest BCUT2D eigenvalue weighted by atomic mass is 10.3. The molecular formula is C15H17N3O3S2. The standard InChI is InChI=1S/C15H17N3O3S2/c1-2-21-13-3-5-14(6-4-13)23(19,20)16-8-7-12-11-18-9-10-22-15(18)17-12/h3-6,9-11,16H,2,7-8H2,1H3. The van der Waals surface area contributed by atoms with Gasteiger partial charge in [0.05, 0.1) is 17.2 Å². The maximum absolute atomic E-state index is 12.2. The van der Waals surface area contributed by atoms with Crippen molar-refractivity contribution in [3.8, 4) is 5.75 Å². The normalized spacial score (nSPS) is 11.9. The molecule has 0 unspecified atom stereocenters. The third-order valence-electron chi connectivity index (χ3n) is 3.26. The van der Waals surface area contributed by atoms with Crippen molar-refractivity contribution in [2.75, 3.05) is 13.2 Å². The lowest BCUT2D eigenvalue weighted by molar-refractivity contribution is 0.340. The number of aromatic nitrogens is 2. The monoisotopic (exact) mass is 351 g/mol. The second-order valence-electron chi connectivity index (χ2n) is 4.88. The zero-order valence-corrected chi connectivity index (χ0v) is 14.2. The Morgan fingerprint density at radius 2 is 2.09 bits per heavy atom. The largest absolute Gasteiger partial charge is 0.494 e. The van der Waals surface area contributed by atoms with Crippen molar-refractivity contribution in [3.63, 3.8) is 0 Å². The Morgan fingerprint density at radius 3 is 2.78 bits per heavy atom. The summed E-state index contributed by atoms with van der Waals surface area (Å²) in [6.07, 6.45) is 4.39. The summed E-state index contributed by atoms with van der Waals surface area (Å²) >= 11 is 1.55. The molecule has 2 heterocycles. The van der Waals surface area contributed by atoms with Gasteiger partial charge in [-0.25, -0.2) is 18.1 Å². The van der Waals surface area contributed by atoms with Crippen LogP contribution < -0.4 is 9.46 Å². The van der Waals surface area contributed by atoms with Crippen LogP contribution in [0.15, 0.2) is 46.9 Å². The number of nitrogens with zero attached hydrogens (tertiary/aromatic N) is 2. The number of ether oxygens (including phenoxy) is 1. The summed E-state index contributed by atoms with van der Waals surface area (Å²) in [5, 5.41) is 1.96. The van der Waals surface area contributed by atoms with Crippen molar-refractivity contribution in [2.45, 2.75) is 18.2 Å². The number of rotatable bonds is 7. The van der Waals surface area contributed by atoms with E-state index in [1.54, 1.807) is 35.6 Å². The SMILES string of the molecule is CCOc1ccc(S(=O)(=O)NCCc2cn3ccsc3n2)cc1. The van der Waals surface area contributed by atoms with Gasteiger partial charge in [-0.2, -0.15) is 0 Å². The summed E-state index contributed by atoms with van der Waals surface area (Å²) in [7, 11) is -3.52. The molecule has 0 aliphatic carbocycles. The lowest BCUT2D eigenvalue weighted by Gasteiger charge is -2.07. The van der Waals surface area contributed by atoms with Gasteiger partial charge < -0.3 is 4.74 Å². The van der Waals surface area contributed by atoms with Crippen LogP contribution in [0.25, 0.3) is 4.96 Å². The van der Waals surface area contributed by atoms with Gasteiger partial charge in [0.25, 0.3) is 0 Å². The Morgan fingerprint density at radius 1 is 1.30 bits per heavy atom. The molecule has 122 valence electrons. The van der Waals surface area contributed by atoms with Crippen molar-refractivity contribution >= 4 is 26.3 Å². The lowest BCUT2D eigenvalue weighted by Crippen LogP contribution is -2.26. The minimum absolute atomic E-state index is 0.228. The van der Waals surface area contributed by atoms with E-state index in [4.69, 9.17) is 4.74 Å². The van der Waals surface area contributed by atoms with E-state index >= 15 is 0 Å². The number of imidazole rings is 1. The first kappa shape index (κ1) is 16.0. The summed E-state index contributed by atoms with van der Waals surface area (Å²) < 4.78 is 34.3. The Labute approximate surface area is 138 Å². The summed E-state index contributed by atoms with van der Waals surface area (Å²) in [6.45, 7) is 2.74. The Hall–Kier alpha value is -1.90. The molecule has 0 spiro atoms. The van der Waals surface area contributed by atoms with E-state index in [1.165, 1.54) is 0 Å². The smallest absolute Gasteiger partial charge is 0.240 e. The Kier molecular flexibility index (Phi) is 4.65. The first-order valence-electron chi connectivity index (χ1n) is 7.22. The Balaban J connectivity index is 1.60. The number of nitrogens with one attached hydrogen (secondary N) is 1. The molecule has 0 bridgehead atoms. The number of hydrogen-bond acceptors (Lipinski definition) is 5. The van der Waals surface area contributed by atoms with Crippen LogP contribution in [-0.2, 0) is 16.4 Å². The topological polar surface area (TPSA) is 72.7 Å². The van der Waals surface area contributed by atoms with Gasteiger partial charge in [0, 0.05) is 30.7 Å². The van der Waals surface area contributed by atoms with Gasteiger partial charge in [0.15, 0.2) is 4.96 Å². The van der Waals surface area contributed by atoms with Gasteiger partial charge in [-0.1, -0.05) is 0 Å². The quantitative estimate of drug-likeness (QED) is 0.709. The highest BCUT2D eigenvalue weighted by Crippen LogP contribution is 2.16. The minimum atomic E-state index is -3.52. The second kappa shape index (κ2) is 6.69. The van der Waals surface area contributed by atoms with Crippen LogP contribution in [0.1, 0.15) is 12.6 Å². The first-order valence-corrected chi connectivity index (χ1v) is 9.58. The average molecular weight is 351 g/mol. The highest BCUT2D eigenvalue weighted by Gasteiger charge is 2.13. The molecule has 0 aliphatic heterocycles. The fraction of sp³-hybridized carbons (Fsp3) is 0.267. The zero-order valence-electron chi connectivity index (χ0n) is 12.6. The van der Waals surface area contributed by atoms with Crippen molar-refractivity contribution in [1.29, 1.82) is 0 Å². The van der Waals surface area contributed by atoms with E-state index in [-0.39, 0.29) is 4.90 Å². The Bertz CT molecular complexity index is 854. The molecule has 23 heavy (non-hydrogen) atoms. The van der Waals surface area contributed by atoms with Crippen molar-refractivity contribution < 1.29 is 13.2 Å². The summed E-state index contributed by atoms with van der Waals surface area (Å²) in [6, 6.07) is 6.39. The molecule has 0 radical (unpaired) electrons. The van der Waals surface area contributed by atoms with E-state index < -0.39 is 10.0 Å². The molecule has 3 rings (SSSR count). The molecule has 1 aromatic carbocycles. The summed E-state index contributed by atoms with van der Waals surface area (Å²) in [4.78, 5) is 5.57. The fourth-order valence-corrected chi connectivity index (χ4v) is 3.93. The molecular weight excluding hydrogens is 334 g/mol. The van der Waals surface area contributed by atoms with Crippen LogP contribution in [0.3, 0.4) is 0 Å². The highest BCUT2D eigenvalue weighted by molar-refractivity contribution is 7.89. The third-order valence-corrected chi connectivity index (χ3v) is 5.51. The molecule has 0 atom stereocenters. The van der Waals surface area contributed by atoms with E-state index in [1.807, 2.05) is 29.1 Å². The molecule has 8 heteroatoms. The van der Waals surface area contributed by atoms with Crippen molar-refractivity contribution in [3.05, 3.63) is 47.7 Å². The highest BCUT2D eigenvalue weighted by atomic mass is 32.2. The van der Waals surface area contributed by atoms with E-state index in [2.05, 4.69) is 9.71 Å². The van der Waals surface area contributed by atoms with Gasteiger partial charge in [-0.3, -0.25) is 4.40 Å². The van der Waals surface area contributed by atoms with Gasteiger partial charge >= 0.3 is 0 Å². The molecule has 3 aromatic rings. The number of fused-ring (bicyclic) bond motifs is 1. The first-order chi connectivity index (χ1) is 11.1. The van der Waals surface area contributed by atoms with Crippen LogP contribution in [0.4, 0.5) is 0 Å². The number of benzene rings is 1. The van der Waals surface area contributed by atoms with Crippen molar-refractivity contribution in [1.82, 2.24) is 14.1 Å². The van der Waals surface area contributed by atoms with E-state index in [9.17, 15) is 8.42 Å². The van der Waals surface area contributed by atoms with Crippen LogP contribution in [-0.4, -0.2) is 31.0 Å². The molecule has 1 N–H and O–H groups in total. The average Bonchev–Trinajstić information content (AvgIpc) is 3.09. The fourth-order valence-electron chi connectivity index (χ4n) is 2.18. The number of hydrogen-bond donors (Lipinski definition) is 1.